The van der Waals surface area contributed by atoms with E-state index < -0.39 is 0 Å². The molecule has 2 aromatic rings. The number of hydrogen-bond donors (Lipinski definition) is 1. The van der Waals surface area contributed by atoms with Crippen LogP contribution in [0.15, 0.2) is 35.4 Å². The first kappa shape index (κ1) is 21.9. The van der Waals surface area contributed by atoms with Crippen LogP contribution < -0.4 is 15.1 Å². The Balaban J connectivity index is 1.80. The zero-order chi connectivity index (χ0) is 21.3. The summed E-state index contributed by atoms with van der Waals surface area (Å²) in [4.78, 5) is 14.7. The summed E-state index contributed by atoms with van der Waals surface area (Å²) in [6, 6.07) is 9.31. The summed E-state index contributed by atoms with van der Waals surface area (Å²) in [5.74, 6) is 0.760. The van der Waals surface area contributed by atoms with E-state index in [9.17, 15) is 4.79 Å². The first-order valence-electron chi connectivity index (χ1n) is 9.38. The molecule has 0 fully saturated rings. The molecule has 0 spiro atoms. The fraction of sp³-hybridized carbons (Fsp3) is 0.364. The minimum atomic E-state index is -0.306. The summed E-state index contributed by atoms with van der Waals surface area (Å²) < 4.78 is 6.20. The molecule has 0 aliphatic carbocycles. The predicted molar refractivity (Wildman–Crippen MR) is 128 cm³/mol. The number of nitrogens with zero attached hydrogens (tertiary/aromatic N) is 2. The highest BCUT2D eigenvalue weighted by Gasteiger charge is 2.34. The SMILES string of the molecule is COc1cc(C(=O)N/N=C\c2cc3c(cc2Cl)N(C)C(C)(C)CC3C)ccc1I. The second-order valence-corrected chi connectivity index (χ2v) is 9.53. The number of anilines is 1. The van der Waals surface area contributed by atoms with E-state index in [1.807, 2.05) is 12.1 Å². The van der Waals surface area contributed by atoms with Crippen LogP contribution in [0.4, 0.5) is 5.69 Å². The van der Waals surface area contributed by atoms with Crippen molar-refractivity contribution in [2.75, 3.05) is 19.1 Å². The van der Waals surface area contributed by atoms with Crippen molar-refractivity contribution in [1.82, 2.24) is 5.43 Å². The maximum Gasteiger partial charge on any atom is 0.271 e. The molecule has 29 heavy (non-hydrogen) atoms. The average Bonchev–Trinajstić information content (AvgIpc) is 2.67. The second-order valence-electron chi connectivity index (χ2n) is 7.96. The Hall–Kier alpha value is -1.80. The van der Waals surface area contributed by atoms with Gasteiger partial charge in [-0.2, -0.15) is 5.10 Å². The summed E-state index contributed by atoms with van der Waals surface area (Å²) in [5.41, 5.74) is 6.29. The lowest BCUT2D eigenvalue weighted by atomic mass is 9.80. The van der Waals surface area contributed by atoms with E-state index in [1.54, 1.807) is 25.5 Å². The first-order valence-corrected chi connectivity index (χ1v) is 10.8. The molecule has 154 valence electrons. The van der Waals surface area contributed by atoms with Gasteiger partial charge in [-0.1, -0.05) is 18.5 Å². The fourth-order valence-corrected chi connectivity index (χ4v) is 4.49. The number of methoxy groups -OCH3 is 1. The van der Waals surface area contributed by atoms with Crippen LogP contribution in [0, 0.1) is 3.57 Å². The molecule has 1 atom stereocenters. The van der Waals surface area contributed by atoms with Crippen LogP contribution in [0.3, 0.4) is 0 Å². The van der Waals surface area contributed by atoms with E-state index in [-0.39, 0.29) is 11.4 Å². The molecule has 0 aromatic heterocycles. The highest BCUT2D eigenvalue weighted by Crippen LogP contribution is 2.44. The van der Waals surface area contributed by atoms with Crippen molar-refractivity contribution in [3.05, 3.63) is 55.6 Å². The molecule has 0 radical (unpaired) electrons. The van der Waals surface area contributed by atoms with Crippen LogP contribution in [0.25, 0.3) is 0 Å². The van der Waals surface area contributed by atoms with Crippen LogP contribution in [0.1, 0.15) is 54.6 Å². The topological polar surface area (TPSA) is 53.9 Å². The molecule has 1 aliphatic rings. The number of carbonyl (C=O) groups excluding carboxylic acids is 1. The molecule has 0 saturated carbocycles. The second kappa shape index (κ2) is 8.52. The normalized spacial score (nSPS) is 17.9. The van der Waals surface area contributed by atoms with Gasteiger partial charge >= 0.3 is 0 Å². The number of benzene rings is 2. The summed E-state index contributed by atoms with van der Waals surface area (Å²) in [6.07, 6.45) is 2.65. The molecular formula is C22H25ClIN3O2. The highest BCUT2D eigenvalue weighted by molar-refractivity contribution is 14.1. The molecule has 1 N–H and O–H groups in total. The average molecular weight is 526 g/mol. The number of hydrazone groups is 1. The van der Waals surface area contributed by atoms with Crippen LogP contribution >= 0.6 is 34.2 Å². The lowest BCUT2D eigenvalue weighted by Gasteiger charge is -2.45. The number of amides is 1. The van der Waals surface area contributed by atoms with Crippen LogP contribution in [-0.2, 0) is 0 Å². The van der Waals surface area contributed by atoms with Gasteiger partial charge in [0.2, 0.25) is 0 Å². The number of carbonyl (C=O) groups is 1. The van der Waals surface area contributed by atoms with E-state index in [1.165, 1.54) is 5.56 Å². The third-order valence-electron chi connectivity index (χ3n) is 5.54. The smallest absolute Gasteiger partial charge is 0.271 e. The van der Waals surface area contributed by atoms with Crippen molar-refractivity contribution in [1.29, 1.82) is 0 Å². The summed E-state index contributed by atoms with van der Waals surface area (Å²) in [7, 11) is 3.68. The third-order valence-corrected chi connectivity index (χ3v) is 6.75. The van der Waals surface area contributed by atoms with Gasteiger partial charge in [0.15, 0.2) is 0 Å². The molecule has 2 aromatic carbocycles. The lowest BCUT2D eigenvalue weighted by molar-refractivity contribution is 0.0954. The molecule has 5 nitrogen and oxygen atoms in total. The minimum Gasteiger partial charge on any atom is -0.496 e. The van der Waals surface area contributed by atoms with E-state index in [2.05, 4.69) is 71.9 Å². The Labute approximate surface area is 190 Å². The zero-order valence-electron chi connectivity index (χ0n) is 17.2. The molecule has 1 unspecified atom stereocenters. The molecular weight excluding hydrogens is 501 g/mol. The number of nitrogens with one attached hydrogen (secondary N) is 1. The minimum absolute atomic E-state index is 0.0773. The van der Waals surface area contributed by atoms with Gasteiger partial charge in [0.05, 0.1) is 21.9 Å². The quantitative estimate of drug-likeness (QED) is 0.329. The summed E-state index contributed by atoms with van der Waals surface area (Å²) in [5, 5.41) is 4.72. The first-order chi connectivity index (χ1) is 13.6. The molecule has 3 rings (SSSR count). The van der Waals surface area contributed by atoms with Crippen LogP contribution in [0.5, 0.6) is 5.75 Å². The number of rotatable bonds is 4. The molecule has 0 saturated heterocycles. The standard InChI is InChI=1S/C22H25ClIN3O2/c1-13-11-22(2,3)27(4)19-10-17(23)15(8-16(13)19)12-25-26-21(28)14-6-7-18(24)20(9-14)29-5/h6-10,12-13H,11H2,1-5H3,(H,26,28)/b25-12-. The monoisotopic (exact) mass is 525 g/mol. The van der Waals surface area contributed by atoms with Gasteiger partial charge in [-0.15, -0.1) is 0 Å². The van der Waals surface area contributed by atoms with Crippen molar-refractivity contribution in [2.45, 2.75) is 38.6 Å². The number of fused-ring (bicyclic) bond motifs is 1. The Morgan fingerprint density at radius 3 is 2.79 bits per heavy atom. The van der Waals surface area contributed by atoms with Gasteiger partial charge in [0.1, 0.15) is 5.75 Å². The van der Waals surface area contributed by atoms with Crippen LogP contribution in [0.2, 0.25) is 5.02 Å². The maximum absolute atomic E-state index is 12.4. The van der Waals surface area contributed by atoms with Crippen molar-refractivity contribution in [2.24, 2.45) is 5.10 Å². The highest BCUT2D eigenvalue weighted by atomic mass is 127. The lowest BCUT2D eigenvalue weighted by Crippen LogP contribution is -2.45. The largest absolute Gasteiger partial charge is 0.496 e. The molecule has 1 heterocycles. The van der Waals surface area contributed by atoms with Crippen molar-refractivity contribution in [3.63, 3.8) is 0 Å². The molecule has 0 bridgehead atoms. The van der Waals surface area contributed by atoms with Crippen molar-refractivity contribution >= 4 is 52.0 Å². The fourth-order valence-electron chi connectivity index (χ4n) is 3.73. The van der Waals surface area contributed by atoms with E-state index in [0.717, 1.165) is 21.2 Å². The Kier molecular flexibility index (Phi) is 6.43. The number of halogens is 2. The maximum atomic E-state index is 12.4. The van der Waals surface area contributed by atoms with Gasteiger partial charge in [-0.3, -0.25) is 4.79 Å². The number of hydrogen-bond acceptors (Lipinski definition) is 4. The van der Waals surface area contributed by atoms with E-state index in [4.69, 9.17) is 16.3 Å². The Morgan fingerprint density at radius 1 is 1.38 bits per heavy atom. The van der Waals surface area contributed by atoms with Crippen LogP contribution in [-0.4, -0.2) is 31.8 Å². The van der Waals surface area contributed by atoms with Gasteiger partial charge in [0.25, 0.3) is 5.91 Å². The molecule has 7 heteroatoms. The van der Waals surface area contributed by atoms with Gasteiger partial charge in [-0.05, 0) is 84.7 Å². The zero-order valence-corrected chi connectivity index (χ0v) is 20.1. The van der Waals surface area contributed by atoms with Crippen molar-refractivity contribution in [3.8, 4) is 5.75 Å². The number of ether oxygens (including phenoxy) is 1. The predicted octanol–water partition coefficient (Wildman–Crippen LogP) is 5.44. The van der Waals surface area contributed by atoms with E-state index >= 15 is 0 Å². The van der Waals surface area contributed by atoms with Gasteiger partial charge < -0.3 is 9.64 Å². The molecule has 1 aliphatic heterocycles. The van der Waals surface area contributed by atoms with Gasteiger partial charge in [0, 0.05) is 29.4 Å². The Bertz CT molecular complexity index is 975. The van der Waals surface area contributed by atoms with E-state index in [0.29, 0.717) is 22.3 Å². The third kappa shape index (κ3) is 4.53. The summed E-state index contributed by atoms with van der Waals surface area (Å²) >= 11 is 8.67. The molecule has 1 amide bonds. The van der Waals surface area contributed by atoms with Gasteiger partial charge in [-0.25, -0.2) is 5.43 Å². The van der Waals surface area contributed by atoms with Crippen molar-refractivity contribution < 1.29 is 9.53 Å². The summed E-state index contributed by atoms with van der Waals surface area (Å²) in [6.45, 7) is 6.71. The Morgan fingerprint density at radius 2 is 2.10 bits per heavy atom.